The number of nitrogens with one attached hydrogen (secondary N) is 1. The van der Waals surface area contributed by atoms with Crippen LogP contribution in [0.4, 0.5) is 10.5 Å². The molecule has 0 aliphatic heterocycles. The number of hydrogen-bond acceptors (Lipinski definition) is 4. The lowest BCUT2D eigenvalue weighted by molar-refractivity contribution is 0.0695. The number of aromatic nitrogens is 2. The fourth-order valence-electron chi connectivity index (χ4n) is 3.15. The second kappa shape index (κ2) is 7.40. The number of para-hydroxylation sites is 2. The molecule has 2 aromatic carbocycles. The highest BCUT2D eigenvalue weighted by Gasteiger charge is 2.18. The lowest BCUT2D eigenvalue weighted by Crippen LogP contribution is -2.25. The lowest BCUT2D eigenvalue weighted by atomic mass is 10.1. The maximum Gasteiger partial charge on any atom is 0.341 e. The molecule has 2 aromatic heterocycles. The van der Waals surface area contributed by atoms with Gasteiger partial charge in [0.05, 0.1) is 11.2 Å². The fraction of sp³-hybridized carbons (Fsp3) is 0. The molecule has 4 rings (SSSR count). The second-order valence-electron chi connectivity index (χ2n) is 6.28. The predicted octanol–water partition coefficient (Wildman–Crippen LogP) is 3.84. The average Bonchev–Trinajstić information content (AvgIpc) is 2.75. The van der Waals surface area contributed by atoms with Gasteiger partial charge in [-0.25, -0.2) is 9.59 Å². The van der Waals surface area contributed by atoms with Crippen molar-refractivity contribution in [2.24, 2.45) is 0 Å². The summed E-state index contributed by atoms with van der Waals surface area (Å²) in [6, 6.07) is 16.7. The number of amides is 1. The van der Waals surface area contributed by atoms with Crippen molar-refractivity contribution >= 4 is 28.6 Å². The molecular weight excluding hydrogens is 370 g/mol. The molecule has 0 atom stereocenters. The summed E-state index contributed by atoms with van der Waals surface area (Å²) in [6.07, 6.45) is 4.36. The summed E-state index contributed by atoms with van der Waals surface area (Å²) in [5.41, 5.74) is 1.42. The first kappa shape index (κ1) is 18.1. The zero-order valence-electron chi connectivity index (χ0n) is 15.1. The minimum absolute atomic E-state index is 0.157. The molecule has 0 radical (unpaired) electrons. The summed E-state index contributed by atoms with van der Waals surface area (Å²) in [6.45, 7) is 0. The average molecular weight is 385 g/mol. The number of carbonyl (C=O) groups is 2. The Balaban J connectivity index is 1.82. The van der Waals surface area contributed by atoms with Crippen LogP contribution in [0.2, 0.25) is 0 Å². The molecule has 0 spiro atoms. The van der Waals surface area contributed by atoms with Gasteiger partial charge in [0.2, 0.25) is 5.43 Å². The maximum atomic E-state index is 13.0. The lowest BCUT2D eigenvalue weighted by Gasteiger charge is -2.14. The summed E-state index contributed by atoms with van der Waals surface area (Å²) in [7, 11) is 0. The summed E-state index contributed by atoms with van der Waals surface area (Å²) in [4.78, 5) is 40.9. The van der Waals surface area contributed by atoms with Gasteiger partial charge in [-0.3, -0.25) is 14.3 Å². The van der Waals surface area contributed by atoms with Crippen LogP contribution in [0.3, 0.4) is 0 Å². The van der Waals surface area contributed by atoms with Gasteiger partial charge in [0.25, 0.3) is 0 Å². The number of nitrogens with zero attached hydrogens (tertiary/aromatic N) is 2. The highest BCUT2D eigenvalue weighted by atomic mass is 16.4. The smallest absolute Gasteiger partial charge is 0.341 e. The highest BCUT2D eigenvalue weighted by molar-refractivity contribution is 6.02. The number of anilines is 1. The normalized spacial score (nSPS) is 10.6. The summed E-state index contributed by atoms with van der Waals surface area (Å²) >= 11 is 0. The van der Waals surface area contributed by atoms with Crippen LogP contribution in [0, 0.1) is 0 Å². The van der Waals surface area contributed by atoms with E-state index in [4.69, 9.17) is 0 Å². The number of fused-ring (bicyclic) bond motifs is 1. The number of benzene rings is 2. The van der Waals surface area contributed by atoms with Crippen molar-refractivity contribution in [2.75, 3.05) is 5.32 Å². The number of carboxylic acid groups (broad SMARTS) is 1. The molecule has 142 valence electrons. The van der Waals surface area contributed by atoms with Gasteiger partial charge in [-0.05, 0) is 35.9 Å². The van der Waals surface area contributed by atoms with Gasteiger partial charge < -0.3 is 10.4 Å². The van der Waals surface area contributed by atoms with Crippen LogP contribution in [-0.2, 0) is 0 Å². The zero-order chi connectivity index (χ0) is 20.4. The fourth-order valence-corrected chi connectivity index (χ4v) is 3.15. The van der Waals surface area contributed by atoms with Gasteiger partial charge in [0, 0.05) is 29.5 Å². The van der Waals surface area contributed by atoms with Crippen LogP contribution in [0.1, 0.15) is 10.4 Å². The van der Waals surface area contributed by atoms with E-state index >= 15 is 0 Å². The van der Waals surface area contributed by atoms with E-state index in [0.717, 1.165) is 21.9 Å². The number of carbonyl (C=O) groups excluding carboxylic acids is 1. The maximum absolute atomic E-state index is 13.0. The first-order chi connectivity index (χ1) is 14.1. The Morgan fingerprint density at radius 3 is 2.38 bits per heavy atom. The molecule has 0 aliphatic carbocycles. The van der Waals surface area contributed by atoms with Crippen LogP contribution < -0.4 is 10.7 Å². The third kappa shape index (κ3) is 3.37. The number of hydrogen-bond donors (Lipinski definition) is 2. The van der Waals surface area contributed by atoms with Gasteiger partial charge in [0.15, 0.2) is 0 Å². The number of carboxylic acids is 1. The molecule has 4 aromatic rings. The molecule has 0 saturated carbocycles. The van der Waals surface area contributed by atoms with Crippen molar-refractivity contribution in [2.45, 2.75) is 0 Å². The number of rotatable bonds is 3. The molecule has 0 unspecified atom stereocenters. The van der Waals surface area contributed by atoms with Gasteiger partial charge >= 0.3 is 12.0 Å². The van der Waals surface area contributed by atoms with E-state index in [2.05, 4.69) is 10.3 Å². The molecule has 7 nitrogen and oxygen atoms in total. The summed E-state index contributed by atoms with van der Waals surface area (Å²) < 4.78 is 1.14. The van der Waals surface area contributed by atoms with Crippen molar-refractivity contribution in [1.82, 2.24) is 9.55 Å². The molecule has 0 aliphatic rings. The van der Waals surface area contributed by atoms with Crippen LogP contribution in [-0.4, -0.2) is 26.7 Å². The molecule has 0 fully saturated rings. The third-order valence-electron chi connectivity index (χ3n) is 4.52. The van der Waals surface area contributed by atoms with E-state index in [1.807, 2.05) is 24.3 Å². The Bertz CT molecular complexity index is 1300. The minimum atomic E-state index is -1.39. The van der Waals surface area contributed by atoms with E-state index in [0.29, 0.717) is 11.2 Å². The molecule has 1 amide bonds. The second-order valence-corrected chi connectivity index (χ2v) is 6.28. The molecule has 29 heavy (non-hydrogen) atoms. The van der Waals surface area contributed by atoms with Crippen LogP contribution in [0.15, 0.2) is 84.0 Å². The van der Waals surface area contributed by atoms with Crippen LogP contribution in [0.5, 0.6) is 0 Å². The van der Waals surface area contributed by atoms with E-state index in [1.54, 1.807) is 42.7 Å². The largest absolute Gasteiger partial charge is 0.477 e. The van der Waals surface area contributed by atoms with Crippen LogP contribution in [0.25, 0.3) is 22.0 Å². The monoisotopic (exact) mass is 385 g/mol. The van der Waals surface area contributed by atoms with E-state index in [1.165, 1.54) is 6.07 Å². The number of aromatic carboxylic acids is 1. The Morgan fingerprint density at radius 1 is 0.931 bits per heavy atom. The SMILES string of the molecule is O=C(O)c1cn(C(=O)Nc2ccccc2-c2ccncc2)c2ccccc2c1=O. The number of pyridine rings is 2. The Hall–Kier alpha value is -4.26. The zero-order valence-corrected chi connectivity index (χ0v) is 15.1. The molecule has 2 heterocycles. The molecule has 0 saturated heterocycles. The summed E-state index contributed by atoms with van der Waals surface area (Å²) in [5, 5.41) is 12.3. The van der Waals surface area contributed by atoms with Crippen molar-refractivity contribution in [1.29, 1.82) is 0 Å². The van der Waals surface area contributed by atoms with Gasteiger partial charge in [-0.15, -0.1) is 0 Å². The molecule has 2 N–H and O–H groups in total. The third-order valence-corrected chi connectivity index (χ3v) is 4.52. The van der Waals surface area contributed by atoms with E-state index in [9.17, 15) is 19.5 Å². The first-order valence-corrected chi connectivity index (χ1v) is 8.75. The quantitative estimate of drug-likeness (QED) is 0.558. The van der Waals surface area contributed by atoms with Gasteiger partial charge in [-0.1, -0.05) is 30.3 Å². The van der Waals surface area contributed by atoms with Crippen molar-refractivity contribution in [3.63, 3.8) is 0 Å². The standard InChI is InChI=1S/C22H15N3O4/c26-20-16-6-2-4-8-19(16)25(13-17(20)21(27)28)22(29)24-18-7-3-1-5-15(18)14-9-11-23-12-10-14/h1-13H,(H,24,29)(H,27,28). The predicted molar refractivity (Wildman–Crippen MR) is 109 cm³/mol. The molecule has 0 bridgehead atoms. The highest BCUT2D eigenvalue weighted by Crippen LogP contribution is 2.27. The van der Waals surface area contributed by atoms with Crippen molar-refractivity contribution < 1.29 is 14.7 Å². The minimum Gasteiger partial charge on any atom is -0.477 e. The molecular formula is C22H15N3O4. The molecule has 7 heteroatoms. The Labute approximate surface area is 164 Å². The summed E-state index contributed by atoms with van der Waals surface area (Å²) in [5.74, 6) is -1.39. The van der Waals surface area contributed by atoms with Gasteiger partial charge in [0.1, 0.15) is 5.56 Å². The van der Waals surface area contributed by atoms with Crippen LogP contribution >= 0.6 is 0 Å². The van der Waals surface area contributed by atoms with Crippen molar-refractivity contribution in [3.8, 4) is 11.1 Å². The Kier molecular flexibility index (Phi) is 4.62. The van der Waals surface area contributed by atoms with Crippen molar-refractivity contribution in [3.05, 3.63) is 95.0 Å². The van der Waals surface area contributed by atoms with Gasteiger partial charge in [-0.2, -0.15) is 0 Å². The van der Waals surface area contributed by atoms with E-state index < -0.39 is 23.0 Å². The van der Waals surface area contributed by atoms with E-state index in [-0.39, 0.29) is 5.39 Å². The topological polar surface area (TPSA) is 101 Å². The first-order valence-electron chi connectivity index (χ1n) is 8.75. The Morgan fingerprint density at radius 2 is 1.62 bits per heavy atom.